The fraction of sp³-hybridized carbons (Fsp3) is 0.750. The van der Waals surface area contributed by atoms with Gasteiger partial charge in [-0.1, -0.05) is 0 Å². The number of thiazole rings is 1. The first-order chi connectivity index (χ1) is 8.55. The third kappa shape index (κ3) is 3.95. The Bertz CT molecular complexity index is 343. The smallest absolute Gasteiger partial charge is 0.314 e. The van der Waals surface area contributed by atoms with Crippen LogP contribution in [0.25, 0.3) is 0 Å². The Kier molecular flexibility index (Phi) is 4.61. The van der Waals surface area contributed by atoms with Crippen LogP contribution in [0, 0.1) is 5.92 Å². The fourth-order valence-corrected chi connectivity index (χ4v) is 3.00. The largest absolute Gasteiger partial charge is 0.391 e. The minimum Gasteiger partial charge on any atom is -0.314 e. The molecule has 0 saturated heterocycles. The Morgan fingerprint density at radius 3 is 2.56 bits per heavy atom. The van der Waals surface area contributed by atoms with Crippen LogP contribution in [0.1, 0.15) is 30.7 Å². The Hall–Kier alpha value is -0.620. The Balaban J connectivity index is 1.65. The third-order valence-corrected chi connectivity index (χ3v) is 4.28. The monoisotopic (exact) mass is 278 g/mol. The molecule has 18 heavy (non-hydrogen) atoms. The van der Waals surface area contributed by atoms with Gasteiger partial charge in [0.1, 0.15) is 0 Å². The van der Waals surface area contributed by atoms with Gasteiger partial charge in [-0.05, 0) is 25.7 Å². The molecule has 6 heteroatoms. The van der Waals surface area contributed by atoms with Gasteiger partial charge in [0, 0.05) is 30.6 Å². The van der Waals surface area contributed by atoms with Crippen LogP contribution >= 0.6 is 11.3 Å². The van der Waals surface area contributed by atoms with Crippen molar-refractivity contribution in [1.29, 1.82) is 0 Å². The Morgan fingerprint density at radius 2 is 2.00 bits per heavy atom. The molecule has 0 bridgehead atoms. The van der Waals surface area contributed by atoms with Gasteiger partial charge < -0.3 is 5.32 Å². The highest BCUT2D eigenvalue weighted by Crippen LogP contribution is 2.37. The van der Waals surface area contributed by atoms with Crippen molar-refractivity contribution in [1.82, 2.24) is 10.3 Å². The minimum atomic E-state index is -4.01. The normalized spacial score (nSPS) is 25.3. The molecule has 1 aromatic rings. The summed E-state index contributed by atoms with van der Waals surface area (Å²) in [5, 5.41) is 6.34. The molecule has 0 unspecified atom stereocenters. The van der Waals surface area contributed by atoms with Crippen molar-refractivity contribution in [3.8, 4) is 0 Å². The Labute approximate surface area is 109 Å². The maximum Gasteiger partial charge on any atom is 0.391 e. The summed E-state index contributed by atoms with van der Waals surface area (Å²) in [7, 11) is 0. The third-order valence-electron chi connectivity index (χ3n) is 3.45. The van der Waals surface area contributed by atoms with Crippen LogP contribution in [-0.4, -0.2) is 23.7 Å². The quantitative estimate of drug-likeness (QED) is 0.913. The van der Waals surface area contributed by atoms with Gasteiger partial charge in [-0.25, -0.2) is 4.98 Å². The number of nitrogens with one attached hydrogen (secondary N) is 1. The van der Waals surface area contributed by atoms with Gasteiger partial charge in [0.2, 0.25) is 0 Å². The highest BCUT2D eigenvalue weighted by molar-refractivity contribution is 7.09. The molecular weight excluding hydrogens is 261 g/mol. The molecule has 0 spiro atoms. The zero-order valence-corrected chi connectivity index (χ0v) is 10.9. The number of alkyl halides is 3. The van der Waals surface area contributed by atoms with E-state index in [0.717, 1.165) is 18.0 Å². The van der Waals surface area contributed by atoms with Crippen LogP contribution < -0.4 is 5.32 Å². The van der Waals surface area contributed by atoms with Gasteiger partial charge in [-0.15, -0.1) is 11.3 Å². The predicted molar refractivity (Wildman–Crippen MR) is 65.6 cm³/mol. The molecular formula is C12H17F3N2S. The highest BCUT2D eigenvalue weighted by atomic mass is 32.1. The number of halogens is 3. The van der Waals surface area contributed by atoms with Gasteiger partial charge >= 0.3 is 6.18 Å². The van der Waals surface area contributed by atoms with Crippen LogP contribution in [0.5, 0.6) is 0 Å². The zero-order valence-electron chi connectivity index (χ0n) is 10.0. The van der Waals surface area contributed by atoms with Crippen LogP contribution in [0.15, 0.2) is 11.6 Å². The summed E-state index contributed by atoms with van der Waals surface area (Å²) in [5.74, 6) is -1.09. The van der Waals surface area contributed by atoms with E-state index in [2.05, 4.69) is 10.3 Å². The topological polar surface area (TPSA) is 24.9 Å². The molecule has 0 amide bonds. The summed E-state index contributed by atoms with van der Waals surface area (Å²) in [4.78, 5) is 4.17. The van der Waals surface area contributed by atoms with Crippen LogP contribution in [0.2, 0.25) is 0 Å². The first-order valence-electron chi connectivity index (χ1n) is 6.24. The number of hydrogen-bond donors (Lipinski definition) is 1. The van der Waals surface area contributed by atoms with Gasteiger partial charge in [0.15, 0.2) is 0 Å². The lowest BCUT2D eigenvalue weighted by atomic mass is 9.85. The standard InChI is InChI=1S/C12H17F3N2S/c13-12(14,15)9-1-3-10(4-2-9)16-6-5-11-17-7-8-18-11/h7-10,16H,1-6H2. The molecule has 1 aromatic heterocycles. The number of rotatable bonds is 4. The van der Waals surface area contributed by atoms with E-state index in [1.54, 1.807) is 17.5 Å². The van der Waals surface area contributed by atoms with Crippen molar-refractivity contribution in [2.75, 3.05) is 6.54 Å². The van der Waals surface area contributed by atoms with E-state index in [0.29, 0.717) is 12.8 Å². The molecule has 102 valence electrons. The molecule has 1 N–H and O–H groups in total. The average Bonchev–Trinajstić information content (AvgIpc) is 2.82. The molecule has 0 aliphatic heterocycles. The van der Waals surface area contributed by atoms with Crippen LogP contribution in [0.4, 0.5) is 13.2 Å². The number of aromatic nitrogens is 1. The lowest BCUT2D eigenvalue weighted by molar-refractivity contribution is -0.182. The maximum atomic E-state index is 12.5. The fourth-order valence-electron chi connectivity index (χ4n) is 2.38. The summed E-state index contributed by atoms with van der Waals surface area (Å²) < 4.78 is 37.4. The van der Waals surface area contributed by atoms with Gasteiger partial charge in [-0.2, -0.15) is 13.2 Å². The molecule has 0 atom stereocenters. The molecule has 2 nitrogen and oxygen atoms in total. The molecule has 1 aliphatic carbocycles. The van der Waals surface area contributed by atoms with Crippen molar-refractivity contribution >= 4 is 11.3 Å². The minimum absolute atomic E-state index is 0.239. The number of nitrogens with zero attached hydrogens (tertiary/aromatic N) is 1. The summed E-state index contributed by atoms with van der Waals surface area (Å²) in [6, 6.07) is 0.239. The van der Waals surface area contributed by atoms with E-state index in [-0.39, 0.29) is 18.9 Å². The second kappa shape index (κ2) is 6.02. The Morgan fingerprint density at radius 1 is 1.28 bits per heavy atom. The van der Waals surface area contributed by atoms with Crippen LogP contribution in [-0.2, 0) is 6.42 Å². The summed E-state index contributed by atoms with van der Waals surface area (Å²) in [6.07, 6.45) is 0.401. The van der Waals surface area contributed by atoms with Crippen molar-refractivity contribution in [3.05, 3.63) is 16.6 Å². The molecule has 1 saturated carbocycles. The average molecular weight is 278 g/mol. The first kappa shape index (κ1) is 13.8. The van der Waals surface area contributed by atoms with Crippen molar-refractivity contribution < 1.29 is 13.2 Å². The van der Waals surface area contributed by atoms with Crippen LogP contribution in [0.3, 0.4) is 0 Å². The lowest BCUT2D eigenvalue weighted by Crippen LogP contribution is -2.37. The zero-order chi connectivity index (χ0) is 13.0. The van der Waals surface area contributed by atoms with E-state index in [1.807, 2.05) is 5.38 Å². The van der Waals surface area contributed by atoms with E-state index < -0.39 is 12.1 Å². The van der Waals surface area contributed by atoms with E-state index in [1.165, 1.54) is 0 Å². The second-order valence-electron chi connectivity index (χ2n) is 4.72. The summed E-state index contributed by atoms with van der Waals surface area (Å²) >= 11 is 1.61. The molecule has 1 fully saturated rings. The molecule has 1 heterocycles. The number of hydrogen-bond acceptors (Lipinski definition) is 3. The van der Waals surface area contributed by atoms with Crippen molar-refractivity contribution in [3.63, 3.8) is 0 Å². The van der Waals surface area contributed by atoms with Gasteiger partial charge in [0.05, 0.1) is 10.9 Å². The molecule has 1 aliphatic rings. The predicted octanol–water partition coefficient (Wildman–Crippen LogP) is 3.40. The maximum absolute atomic E-state index is 12.5. The summed E-state index contributed by atoms with van der Waals surface area (Å²) in [6.45, 7) is 0.800. The molecule has 0 aromatic carbocycles. The van der Waals surface area contributed by atoms with Crippen molar-refractivity contribution in [2.45, 2.75) is 44.3 Å². The van der Waals surface area contributed by atoms with Gasteiger partial charge in [0.25, 0.3) is 0 Å². The second-order valence-corrected chi connectivity index (χ2v) is 5.70. The van der Waals surface area contributed by atoms with Gasteiger partial charge in [-0.3, -0.25) is 0 Å². The molecule has 0 radical (unpaired) electrons. The van der Waals surface area contributed by atoms with E-state index >= 15 is 0 Å². The first-order valence-corrected chi connectivity index (χ1v) is 7.12. The van der Waals surface area contributed by atoms with Crippen molar-refractivity contribution in [2.24, 2.45) is 5.92 Å². The highest BCUT2D eigenvalue weighted by Gasteiger charge is 2.41. The van der Waals surface area contributed by atoms with E-state index in [4.69, 9.17) is 0 Å². The summed E-state index contributed by atoms with van der Waals surface area (Å²) in [5.41, 5.74) is 0. The van der Waals surface area contributed by atoms with E-state index in [9.17, 15) is 13.2 Å². The molecule has 2 rings (SSSR count). The SMILES string of the molecule is FC(F)(F)C1CCC(NCCc2nccs2)CC1. The lowest BCUT2D eigenvalue weighted by Gasteiger charge is -2.30.